The van der Waals surface area contributed by atoms with E-state index in [-0.39, 0.29) is 0 Å². The Morgan fingerprint density at radius 1 is 1.71 bits per heavy atom. The number of hydrazine groups is 1. The first-order valence-electron chi connectivity index (χ1n) is 2.31. The normalized spacial score (nSPS) is 20.3. The lowest BCUT2D eigenvalue weighted by Crippen LogP contribution is -2.23. The third kappa shape index (κ3) is 0.747. The van der Waals surface area contributed by atoms with E-state index in [2.05, 4.69) is 12.3 Å². The third-order valence-corrected chi connectivity index (χ3v) is 1.12. The highest BCUT2D eigenvalue weighted by molar-refractivity contribution is 5.08. The smallest absolute Gasteiger partial charge is 0.0670 e. The summed E-state index contributed by atoms with van der Waals surface area (Å²) in [6, 6.07) is 0. The highest BCUT2D eigenvalue weighted by Crippen LogP contribution is 2.02. The molecule has 0 saturated carbocycles. The molecule has 1 heterocycles. The minimum atomic E-state index is 1.25. The molecule has 0 saturated heterocycles. The van der Waals surface area contributed by atoms with E-state index >= 15 is 0 Å². The van der Waals surface area contributed by atoms with Crippen molar-refractivity contribution in [3.8, 4) is 0 Å². The van der Waals surface area contributed by atoms with Crippen LogP contribution in [-0.2, 0) is 0 Å². The van der Waals surface area contributed by atoms with Crippen LogP contribution < -0.4 is 5.43 Å². The second kappa shape index (κ2) is 1.54. The number of rotatable bonds is 0. The summed E-state index contributed by atoms with van der Waals surface area (Å²) in [6.45, 7) is 3.96. The van der Waals surface area contributed by atoms with E-state index in [0.717, 1.165) is 0 Å². The molecule has 7 heavy (non-hydrogen) atoms. The van der Waals surface area contributed by atoms with Gasteiger partial charge in [0.2, 0.25) is 0 Å². The molecule has 0 aromatic carbocycles. The third-order valence-electron chi connectivity index (χ3n) is 1.12. The van der Waals surface area contributed by atoms with Crippen molar-refractivity contribution in [1.82, 2.24) is 10.4 Å². The van der Waals surface area contributed by atoms with Gasteiger partial charge in [0.15, 0.2) is 0 Å². The number of nitrogens with one attached hydrogen (secondary N) is 1. The lowest BCUT2D eigenvalue weighted by Gasteiger charge is -2.10. The Balaban J connectivity index is 2.54. The molecule has 0 unspecified atom stereocenters. The molecule has 0 spiro atoms. The summed E-state index contributed by atoms with van der Waals surface area (Å²) >= 11 is 0. The van der Waals surface area contributed by atoms with Crippen LogP contribution in [0.2, 0.25) is 0 Å². The fraction of sp³-hybridized carbons (Fsp3) is 0.400. The standard InChI is InChI=1S/C5H9N2/c1-5-3-4-6-7(5)2/h3-4,6H,1-2H3. The summed E-state index contributed by atoms with van der Waals surface area (Å²) in [5, 5.41) is 1.96. The summed E-state index contributed by atoms with van der Waals surface area (Å²) in [5.74, 6) is 0. The van der Waals surface area contributed by atoms with Crippen molar-refractivity contribution in [2.45, 2.75) is 6.92 Å². The zero-order valence-electron chi connectivity index (χ0n) is 4.60. The van der Waals surface area contributed by atoms with Gasteiger partial charge in [-0.1, -0.05) is 0 Å². The van der Waals surface area contributed by atoms with Crippen LogP contribution in [0.4, 0.5) is 0 Å². The van der Waals surface area contributed by atoms with Gasteiger partial charge in [0.1, 0.15) is 0 Å². The van der Waals surface area contributed by atoms with Gasteiger partial charge in [0, 0.05) is 12.7 Å². The van der Waals surface area contributed by atoms with Crippen molar-refractivity contribution in [2.75, 3.05) is 7.05 Å². The number of hydrogen-bond donors (Lipinski definition) is 1. The lowest BCUT2D eigenvalue weighted by molar-refractivity contribution is 0.364. The lowest BCUT2D eigenvalue weighted by atomic mass is 10.5. The summed E-state index contributed by atoms with van der Waals surface area (Å²) < 4.78 is 0. The predicted octanol–water partition coefficient (Wildman–Crippen LogP) is 0.502. The molecule has 0 aromatic rings. The molecule has 1 aliphatic heterocycles. The van der Waals surface area contributed by atoms with Gasteiger partial charge in [0.05, 0.1) is 6.54 Å². The van der Waals surface area contributed by atoms with Crippen molar-refractivity contribution >= 4 is 0 Å². The van der Waals surface area contributed by atoms with Gasteiger partial charge in [-0.15, -0.1) is 0 Å². The molecule has 0 fully saturated rings. The van der Waals surface area contributed by atoms with Crippen LogP contribution in [0, 0.1) is 6.54 Å². The van der Waals surface area contributed by atoms with Gasteiger partial charge in [-0.05, 0) is 13.0 Å². The van der Waals surface area contributed by atoms with Crippen LogP contribution in [0.15, 0.2) is 11.8 Å². The van der Waals surface area contributed by atoms with Crippen molar-refractivity contribution in [3.05, 3.63) is 18.3 Å². The first-order valence-corrected chi connectivity index (χ1v) is 2.31. The molecule has 0 aromatic heterocycles. The van der Waals surface area contributed by atoms with E-state index in [1.165, 1.54) is 5.70 Å². The Hall–Kier alpha value is -0.500. The first kappa shape index (κ1) is 4.65. The van der Waals surface area contributed by atoms with Crippen LogP contribution in [0.5, 0.6) is 0 Å². The van der Waals surface area contributed by atoms with Gasteiger partial charge in [-0.2, -0.15) is 0 Å². The van der Waals surface area contributed by atoms with Gasteiger partial charge in [0.25, 0.3) is 0 Å². The van der Waals surface area contributed by atoms with Gasteiger partial charge < -0.3 is 5.01 Å². The summed E-state index contributed by atoms with van der Waals surface area (Å²) in [5.41, 5.74) is 4.23. The molecule has 2 nitrogen and oxygen atoms in total. The Morgan fingerprint density at radius 2 is 2.43 bits per heavy atom. The molecule has 0 atom stereocenters. The zero-order valence-corrected chi connectivity index (χ0v) is 4.60. The maximum atomic E-state index is 2.98. The monoisotopic (exact) mass is 97.1 g/mol. The Labute approximate surface area is 43.8 Å². The SMILES string of the molecule is CC1=C[CH]NN1C. The molecule has 39 valence electrons. The fourth-order valence-corrected chi connectivity index (χ4v) is 0.483. The van der Waals surface area contributed by atoms with Crippen LogP contribution >= 0.6 is 0 Å². The number of nitrogens with zero attached hydrogens (tertiary/aromatic N) is 1. The topological polar surface area (TPSA) is 15.3 Å². The second-order valence-corrected chi connectivity index (χ2v) is 1.66. The van der Waals surface area contributed by atoms with Gasteiger partial charge in [-0.25, -0.2) is 5.43 Å². The summed E-state index contributed by atoms with van der Waals surface area (Å²) in [4.78, 5) is 0. The Bertz CT molecular complexity index is 96.3. The molecular formula is C5H9N2. The van der Waals surface area contributed by atoms with E-state index in [0.29, 0.717) is 0 Å². The maximum Gasteiger partial charge on any atom is 0.0670 e. The zero-order chi connectivity index (χ0) is 5.28. The molecule has 0 amide bonds. The number of hydrogen-bond acceptors (Lipinski definition) is 2. The largest absolute Gasteiger partial charge is 0.316 e. The quantitative estimate of drug-likeness (QED) is 0.473. The molecule has 1 N–H and O–H groups in total. The number of allylic oxidation sites excluding steroid dienone is 1. The molecule has 1 rings (SSSR count). The van der Waals surface area contributed by atoms with Crippen LogP contribution in [0.3, 0.4) is 0 Å². The Kier molecular flexibility index (Phi) is 1.02. The Morgan fingerprint density at radius 3 is 2.57 bits per heavy atom. The average Bonchev–Trinajstić information content (AvgIpc) is 1.91. The minimum absolute atomic E-state index is 1.25. The van der Waals surface area contributed by atoms with E-state index in [1.807, 2.05) is 24.7 Å². The van der Waals surface area contributed by atoms with Gasteiger partial charge in [-0.3, -0.25) is 0 Å². The van der Waals surface area contributed by atoms with Crippen molar-refractivity contribution < 1.29 is 0 Å². The van der Waals surface area contributed by atoms with Crippen molar-refractivity contribution in [3.63, 3.8) is 0 Å². The molecule has 0 aliphatic carbocycles. The highest BCUT2D eigenvalue weighted by atomic mass is 15.5. The van der Waals surface area contributed by atoms with E-state index in [1.54, 1.807) is 0 Å². The molecule has 0 bridgehead atoms. The van der Waals surface area contributed by atoms with E-state index in [4.69, 9.17) is 0 Å². The van der Waals surface area contributed by atoms with Crippen molar-refractivity contribution in [1.29, 1.82) is 0 Å². The summed E-state index contributed by atoms with van der Waals surface area (Å²) in [6.07, 6.45) is 2.03. The average molecular weight is 97.1 g/mol. The van der Waals surface area contributed by atoms with Crippen LogP contribution in [0.1, 0.15) is 6.92 Å². The predicted molar refractivity (Wildman–Crippen MR) is 29.0 cm³/mol. The highest BCUT2D eigenvalue weighted by Gasteiger charge is 2.01. The molecule has 1 radical (unpaired) electrons. The molecule has 1 aliphatic rings. The minimum Gasteiger partial charge on any atom is -0.316 e. The van der Waals surface area contributed by atoms with E-state index in [9.17, 15) is 0 Å². The first-order chi connectivity index (χ1) is 3.30. The van der Waals surface area contributed by atoms with Crippen molar-refractivity contribution in [2.24, 2.45) is 0 Å². The van der Waals surface area contributed by atoms with Crippen LogP contribution in [0.25, 0.3) is 0 Å². The summed E-state index contributed by atoms with van der Waals surface area (Å²) in [7, 11) is 1.98. The fourth-order valence-electron chi connectivity index (χ4n) is 0.483. The second-order valence-electron chi connectivity index (χ2n) is 1.66. The van der Waals surface area contributed by atoms with E-state index < -0.39 is 0 Å². The van der Waals surface area contributed by atoms with Gasteiger partial charge >= 0.3 is 0 Å². The van der Waals surface area contributed by atoms with Crippen LogP contribution in [-0.4, -0.2) is 12.1 Å². The molecule has 2 heteroatoms. The maximum absolute atomic E-state index is 2.98. The molecular weight excluding hydrogens is 88.1 g/mol.